The Morgan fingerprint density at radius 1 is 1.11 bits per heavy atom. The second kappa shape index (κ2) is 7.66. The Kier molecular flexibility index (Phi) is 4.90. The number of ether oxygens (including phenoxy) is 1. The smallest absolute Gasteiger partial charge is 0.236 e. The zero-order chi connectivity index (χ0) is 19.5. The molecule has 7 nitrogen and oxygen atoms in total. The zero-order valence-corrected chi connectivity index (χ0v) is 15.8. The average molecular weight is 374 g/mol. The molecular weight excluding hydrogens is 352 g/mol. The van der Waals surface area contributed by atoms with Crippen molar-refractivity contribution in [1.29, 1.82) is 0 Å². The lowest BCUT2D eigenvalue weighted by molar-refractivity contribution is 0.190. The molecule has 0 saturated heterocycles. The van der Waals surface area contributed by atoms with Crippen molar-refractivity contribution in [3.63, 3.8) is 0 Å². The van der Waals surface area contributed by atoms with E-state index in [0.717, 1.165) is 28.3 Å². The number of nitrogens with one attached hydrogen (secondary N) is 1. The van der Waals surface area contributed by atoms with Gasteiger partial charge in [0.2, 0.25) is 5.78 Å². The van der Waals surface area contributed by atoms with Crippen LogP contribution in [0.1, 0.15) is 6.92 Å². The SMILES string of the molecule is COC[C@H](C)Nc1cc(-c2c(-c3ccccc3)nc3nc(N)ccn23)ccn1. The first-order valence-corrected chi connectivity index (χ1v) is 9.07. The van der Waals surface area contributed by atoms with Crippen LogP contribution in [0, 0.1) is 0 Å². The minimum Gasteiger partial charge on any atom is -0.384 e. The fourth-order valence-corrected chi connectivity index (χ4v) is 3.22. The minimum atomic E-state index is 0.144. The lowest BCUT2D eigenvalue weighted by Gasteiger charge is -2.14. The maximum Gasteiger partial charge on any atom is 0.236 e. The number of fused-ring (bicyclic) bond motifs is 1. The van der Waals surface area contributed by atoms with Crippen molar-refractivity contribution >= 4 is 17.4 Å². The normalized spacial score (nSPS) is 12.2. The molecule has 1 aromatic carbocycles. The molecule has 0 amide bonds. The van der Waals surface area contributed by atoms with Gasteiger partial charge in [0.05, 0.1) is 18.0 Å². The predicted molar refractivity (Wildman–Crippen MR) is 111 cm³/mol. The molecule has 28 heavy (non-hydrogen) atoms. The van der Waals surface area contributed by atoms with Crippen molar-refractivity contribution in [2.24, 2.45) is 0 Å². The predicted octanol–water partition coefficient (Wildman–Crippen LogP) is 3.49. The number of rotatable bonds is 6. The number of anilines is 2. The lowest BCUT2D eigenvalue weighted by atomic mass is 10.1. The number of methoxy groups -OCH3 is 1. The highest BCUT2D eigenvalue weighted by molar-refractivity contribution is 5.82. The van der Waals surface area contributed by atoms with Crippen LogP contribution in [0.2, 0.25) is 0 Å². The molecule has 1 atom stereocenters. The monoisotopic (exact) mass is 374 g/mol. The number of nitrogen functional groups attached to an aromatic ring is 1. The van der Waals surface area contributed by atoms with Crippen LogP contribution in [-0.2, 0) is 4.74 Å². The molecule has 142 valence electrons. The lowest BCUT2D eigenvalue weighted by Crippen LogP contribution is -2.21. The van der Waals surface area contributed by atoms with Crippen LogP contribution in [0.3, 0.4) is 0 Å². The molecule has 0 saturated carbocycles. The van der Waals surface area contributed by atoms with E-state index in [0.29, 0.717) is 18.2 Å². The Morgan fingerprint density at radius 2 is 1.93 bits per heavy atom. The summed E-state index contributed by atoms with van der Waals surface area (Å²) >= 11 is 0. The van der Waals surface area contributed by atoms with Gasteiger partial charge in [-0.2, -0.15) is 4.98 Å². The van der Waals surface area contributed by atoms with E-state index < -0.39 is 0 Å². The van der Waals surface area contributed by atoms with Crippen LogP contribution in [0.15, 0.2) is 60.9 Å². The van der Waals surface area contributed by atoms with Crippen LogP contribution in [-0.4, -0.2) is 39.1 Å². The quantitative estimate of drug-likeness (QED) is 0.537. The van der Waals surface area contributed by atoms with Crippen LogP contribution in [0.5, 0.6) is 0 Å². The highest BCUT2D eigenvalue weighted by atomic mass is 16.5. The minimum absolute atomic E-state index is 0.144. The van der Waals surface area contributed by atoms with Gasteiger partial charge >= 0.3 is 0 Å². The number of hydrogen-bond donors (Lipinski definition) is 2. The van der Waals surface area contributed by atoms with E-state index in [4.69, 9.17) is 15.5 Å². The number of imidazole rings is 1. The van der Waals surface area contributed by atoms with E-state index in [9.17, 15) is 0 Å². The molecule has 0 unspecified atom stereocenters. The topological polar surface area (TPSA) is 90.4 Å². The Morgan fingerprint density at radius 3 is 2.71 bits per heavy atom. The van der Waals surface area contributed by atoms with Crippen LogP contribution >= 0.6 is 0 Å². The molecule has 0 radical (unpaired) electrons. The van der Waals surface area contributed by atoms with E-state index >= 15 is 0 Å². The largest absolute Gasteiger partial charge is 0.384 e. The average Bonchev–Trinajstić information content (AvgIpc) is 3.07. The molecule has 0 aliphatic heterocycles. The molecule has 7 heteroatoms. The third kappa shape index (κ3) is 3.52. The van der Waals surface area contributed by atoms with Gasteiger partial charge in [0.25, 0.3) is 0 Å². The van der Waals surface area contributed by atoms with E-state index in [1.807, 2.05) is 60.0 Å². The van der Waals surface area contributed by atoms with Gasteiger partial charge in [-0.3, -0.25) is 4.40 Å². The van der Waals surface area contributed by atoms with Crippen molar-refractivity contribution in [2.75, 3.05) is 24.8 Å². The van der Waals surface area contributed by atoms with Gasteiger partial charge in [0, 0.05) is 36.7 Å². The van der Waals surface area contributed by atoms with Crippen LogP contribution < -0.4 is 11.1 Å². The molecular formula is C21H22N6O. The summed E-state index contributed by atoms with van der Waals surface area (Å²) in [5.41, 5.74) is 9.66. The third-order valence-electron chi connectivity index (χ3n) is 4.41. The highest BCUT2D eigenvalue weighted by Crippen LogP contribution is 2.33. The van der Waals surface area contributed by atoms with Gasteiger partial charge in [0.1, 0.15) is 11.6 Å². The number of nitrogens with zero attached hydrogens (tertiary/aromatic N) is 4. The zero-order valence-electron chi connectivity index (χ0n) is 15.8. The molecule has 4 aromatic rings. The Balaban J connectivity index is 1.86. The number of pyridine rings is 1. The number of benzene rings is 1. The molecule has 0 bridgehead atoms. The molecule has 0 spiro atoms. The van der Waals surface area contributed by atoms with Crippen LogP contribution in [0.25, 0.3) is 28.3 Å². The standard InChI is InChI=1S/C21H22N6O/c1-14(13-28-2)24-18-12-16(8-10-23-18)20-19(15-6-4-3-5-7-15)26-21-25-17(22)9-11-27(20)21/h3-12,14H,13H2,1-2H3,(H,23,24)(H2,22,25,26)/t14-/m0/s1. The molecule has 3 aromatic heterocycles. The number of hydrogen-bond acceptors (Lipinski definition) is 6. The fourth-order valence-electron chi connectivity index (χ4n) is 3.22. The Labute approximate surface area is 163 Å². The van der Waals surface area contributed by atoms with Gasteiger partial charge in [-0.1, -0.05) is 30.3 Å². The second-order valence-electron chi connectivity index (χ2n) is 6.63. The second-order valence-corrected chi connectivity index (χ2v) is 6.63. The molecule has 0 aliphatic rings. The summed E-state index contributed by atoms with van der Waals surface area (Å²) < 4.78 is 7.15. The highest BCUT2D eigenvalue weighted by Gasteiger charge is 2.17. The molecule has 0 aliphatic carbocycles. The van der Waals surface area contributed by atoms with Crippen molar-refractivity contribution in [2.45, 2.75) is 13.0 Å². The van der Waals surface area contributed by atoms with Gasteiger partial charge in [0.15, 0.2) is 0 Å². The van der Waals surface area contributed by atoms with E-state index in [1.165, 1.54) is 0 Å². The first-order chi connectivity index (χ1) is 13.7. The van der Waals surface area contributed by atoms with Crippen molar-refractivity contribution in [3.8, 4) is 22.5 Å². The molecule has 3 N–H and O–H groups in total. The van der Waals surface area contributed by atoms with Crippen molar-refractivity contribution < 1.29 is 4.74 Å². The van der Waals surface area contributed by atoms with Crippen molar-refractivity contribution in [3.05, 3.63) is 60.9 Å². The summed E-state index contributed by atoms with van der Waals surface area (Å²) in [6.07, 6.45) is 3.68. The molecule has 4 rings (SSSR count). The number of nitrogens with two attached hydrogens (primary N) is 1. The van der Waals surface area contributed by atoms with Gasteiger partial charge < -0.3 is 15.8 Å². The van der Waals surface area contributed by atoms with Gasteiger partial charge in [-0.25, -0.2) is 9.97 Å². The van der Waals surface area contributed by atoms with Gasteiger partial charge in [-0.05, 0) is 25.1 Å². The van der Waals surface area contributed by atoms with Gasteiger partial charge in [-0.15, -0.1) is 0 Å². The summed E-state index contributed by atoms with van der Waals surface area (Å²) in [7, 11) is 1.69. The summed E-state index contributed by atoms with van der Waals surface area (Å²) in [5, 5.41) is 3.36. The van der Waals surface area contributed by atoms with Crippen LogP contribution in [0.4, 0.5) is 11.6 Å². The third-order valence-corrected chi connectivity index (χ3v) is 4.41. The fraction of sp³-hybridized carbons (Fsp3) is 0.190. The maximum atomic E-state index is 5.87. The van der Waals surface area contributed by atoms with Crippen molar-refractivity contribution in [1.82, 2.24) is 19.4 Å². The molecule has 3 heterocycles. The summed E-state index contributed by atoms with van der Waals surface area (Å²) in [6.45, 7) is 2.65. The summed E-state index contributed by atoms with van der Waals surface area (Å²) in [6, 6.07) is 16.0. The molecule has 0 fully saturated rings. The first kappa shape index (κ1) is 17.9. The summed E-state index contributed by atoms with van der Waals surface area (Å²) in [4.78, 5) is 13.6. The Bertz CT molecular complexity index is 1090. The summed E-state index contributed by atoms with van der Waals surface area (Å²) in [5.74, 6) is 1.78. The number of aromatic nitrogens is 4. The van der Waals surface area contributed by atoms with E-state index in [1.54, 1.807) is 19.4 Å². The first-order valence-electron chi connectivity index (χ1n) is 9.07. The Hall–Kier alpha value is -3.45. The van der Waals surface area contributed by atoms with E-state index in [-0.39, 0.29) is 6.04 Å². The maximum absolute atomic E-state index is 5.87. The van der Waals surface area contributed by atoms with E-state index in [2.05, 4.69) is 15.3 Å².